The van der Waals surface area contributed by atoms with Gasteiger partial charge in [-0.15, -0.1) is 0 Å². The molecule has 58 valence electrons. The van der Waals surface area contributed by atoms with Gasteiger partial charge in [-0.2, -0.15) is 0 Å². The molecule has 0 spiro atoms. The predicted molar refractivity (Wildman–Crippen MR) is 39.7 cm³/mol. The van der Waals surface area contributed by atoms with Crippen molar-refractivity contribution >= 4 is 0 Å². The number of hydrogen-bond donors (Lipinski definition) is 2. The molecule has 0 amide bonds. The molecule has 0 radical (unpaired) electrons. The van der Waals surface area contributed by atoms with E-state index in [1.807, 2.05) is 0 Å². The Hall–Kier alpha value is -0.0800. The van der Waals surface area contributed by atoms with E-state index >= 15 is 0 Å². The predicted octanol–water partition coefficient (Wildman–Crippen LogP) is 0.367. The van der Waals surface area contributed by atoms with Crippen molar-refractivity contribution < 1.29 is 5.11 Å². The number of aliphatic hydroxyl groups is 1. The summed E-state index contributed by atoms with van der Waals surface area (Å²) in [6, 6.07) is 0. The van der Waals surface area contributed by atoms with Gasteiger partial charge in [0.2, 0.25) is 0 Å². The number of fused-ring (bicyclic) bond motifs is 1. The Labute approximate surface area is 61.6 Å². The van der Waals surface area contributed by atoms with Gasteiger partial charge in [-0.25, -0.2) is 0 Å². The molecule has 1 heterocycles. The third-order valence-corrected chi connectivity index (χ3v) is 2.93. The first-order valence-electron chi connectivity index (χ1n) is 4.25. The molecule has 1 aliphatic heterocycles. The molecule has 3 atom stereocenters. The van der Waals surface area contributed by atoms with Crippen LogP contribution in [0.4, 0.5) is 0 Å². The maximum absolute atomic E-state index is 9.33. The average Bonchev–Trinajstić information content (AvgIpc) is 2.33. The van der Waals surface area contributed by atoms with Crippen molar-refractivity contribution in [3.63, 3.8) is 0 Å². The summed E-state index contributed by atoms with van der Waals surface area (Å²) >= 11 is 0. The van der Waals surface area contributed by atoms with Crippen molar-refractivity contribution in [2.75, 3.05) is 13.1 Å². The van der Waals surface area contributed by atoms with E-state index in [1.165, 1.54) is 13.0 Å². The molecule has 1 unspecified atom stereocenters. The highest BCUT2D eigenvalue weighted by Gasteiger charge is 2.32. The van der Waals surface area contributed by atoms with Crippen molar-refractivity contribution in [3.8, 4) is 0 Å². The van der Waals surface area contributed by atoms with Crippen LogP contribution in [0.3, 0.4) is 0 Å². The zero-order valence-corrected chi connectivity index (χ0v) is 6.21. The van der Waals surface area contributed by atoms with Crippen LogP contribution in [0.5, 0.6) is 0 Å². The Kier molecular flexibility index (Phi) is 1.66. The lowest BCUT2D eigenvalue weighted by molar-refractivity contribution is 0.0867. The summed E-state index contributed by atoms with van der Waals surface area (Å²) in [7, 11) is 0. The van der Waals surface area contributed by atoms with Gasteiger partial charge in [0, 0.05) is 0 Å². The number of nitrogens with one attached hydrogen (secondary N) is 1. The van der Waals surface area contributed by atoms with Gasteiger partial charge in [-0.3, -0.25) is 0 Å². The molecule has 0 aromatic heterocycles. The van der Waals surface area contributed by atoms with Gasteiger partial charge >= 0.3 is 0 Å². The summed E-state index contributed by atoms with van der Waals surface area (Å²) in [4.78, 5) is 0. The van der Waals surface area contributed by atoms with Crippen molar-refractivity contribution in [2.24, 2.45) is 11.8 Å². The topological polar surface area (TPSA) is 32.3 Å². The maximum Gasteiger partial charge on any atom is 0.0543 e. The minimum absolute atomic E-state index is 0.00106. The fraction of sp³-hybridized carbons (Fsp3) is 1.00. The Balaban J connectivity index is 1.96. The quantitative estimate of drug-likeness (QED) is 0.510. The molecule has 0 bridgehead atoms. The monoisotopic (exact) mass is 141 g/mol. The summed E-state index contributed by atoms with van der Waals surface area (Å²) < 4.78 is 0. The van der Waals surface area contributed by atoms with E-state index in [4.69, 9.17) is 0 Å². The van der Waals surface area contributed by atoms with Crippen LogP contribution in [0.15, 0.2) is 0 Å². The van der Waals surface area contributed by atoms with Crippen LogP contribution >= 0.6 is 0 Å². The van der Waals surface area contributed by atoms with Crippen LogP contribution in [0.2, 0.25) is 0 Å². The van der Waals surface area contributed by atoms with Crippen LogP contribution in [0.1, 0.15) is 19.3 Å². The molecular formula is C8H15NO. The minimum Gasteiger partial charge on any atom is -0.393 e. The van der Waals surface area contributed by atoms with E-state index < -0.39 is 0 Å². The van der Waals surface area contributed by atoms with Crippen LogP contribution in [0.25, 0.3) is 0 Å². The number of aliphatic hydroxyl groups excluding tert-OH is 1. The molecule has 2 fully saturated rings. The van der Waals surface area contributed by atoms with Crippen LogP contribution in [0, 0.1) is 11.8 Å². The summed E-state index contributed by atoms with van der Waals surface area (Å²) in [5.74, 6) is 1.66. The van der Waals surface area contributed by atoms with Crippen LogP contribution < -0.4 is 5.32 Å². The molecule has 2 heteroatoms. The normalized spacial score (nSPS) is 47.1. The summed E-state index contributed by atoms with van der Waals surface area (Å²) in [5, 5.41) is 12.7. The van der Waals surface area contributed by atoms with Gasteiger partial charge in [0.25, 0.3) is 0 Å². The zero-order chi connectivity index (χ0) is 6.97. The first-order valence-corrected chi connectivity index (χ1v) is 4.25. The highest BCUT2D eigenvalue weighted by molar-refractivity contribution is 4.87. The minimum atomic E-state index is 0.00106. The van der Waals surface area contributed by atoms with Crippen LogP contribution in [-0.2, 0) is 0 Å². The van der Waals surface area contributed by atoms with E-state index in [9.17, 15) is 5.11 Å². The van der Waals surface area contributed by atoms with Crippen molar-refractivity contribution in [1.29, 1.82) is 0 Å². The van der Waals surface area contributed by atoms with Crippen molar-refractivity contribution in [3.05, 3.63) is 0 Å². The lowest BCUT2D eigenvalue weighted by Crippen LogP contribution is -2.26. The molecule has 1 saturated carbocycles. The molecule has 2 aliphatic rings. The van der Waals surface area contributed by atoms with E-state index in [0.29, 0.717) is 0 Å². The molecule has 1 aliphatic carbocycles. The van der Waals surface area contributed by atoms with Gasteiger partial charge in [0.05, 0.1) is 6.10 Å². The SMILES string of the molecule is OC1CC[C@H]2CNC[C@H]2C1. The number of hydrogen-bond acceptors (Lipinski definition) is 2. The van der Waals surface area contributed by atoms with Gasteiger partial charge < -0.3 is 10.4 Å². The third-order valence-electron chi connectivity index (χ3n) is 2.93. The zero-order valence-electron chi connectivity index (χ0n) is 6.21. The first kappa shape index (κ1) is 6.62. The second kappa shape index (κ2) is 2.51. The van der Waals surface area contributed by atoms with E-state index in [2.05, 4.69) is 5.32 Å². The highest BCUT2D eigenvalue weighted by Crippen LogP contribution is 2.32. The fourth-order valence-electron chi connectivity index (χ4n) is 2.27. The second-order valence-electron chi connectivity index (χ2n) is 3.65. The van der Waals surface area contributed by atoms with E-state index in [0.717, 1.165) is 31.2 Å². The van der Waals surface area contributed by atoms with Crippen molar-refractivity contribution in [2.45, 2.75) is 25.4 Å². The number of rotatable bonds is 0. The molecule has 2 nitrogen and oxygen atoms in total. The summed E-state index contributed by atoms with van der Waals surface area (Å²) in [5.41, 5.74) is 0. The molecule has 10 heavy (non-hydrogen) atoms. The Bertz CT molecular complexity index is 126. The van der Waals surface area contributed by atoms with E-state index in [1.54, 1.807) is 0 Å². The van der Waals surface area contributed by atoms with Crippen LogP contribution in [-0.4, -0.2) is 24.3 Å². The standard InChI is InChI=1S/C8H15NO/c10-8-2-1-6-4-9-5-7(6)3-8/h6-10H,1-5H2/t6-,7+,8?/m0/s1. The lowest BCUT2D eigenvalue weighted by Gasteiger charge is -2.27. The highest BCUT2D eigenvalue weighted by atomic mass is 16.3. The Morgan fingerprint density at radius 3 is 2.80 bits per heavy atom. The van der Waals surface area contributed by atoms with Gasteiger partial charge in [-0.1, -0.05) is 0 Å². The maximum atomic E-state index is 9.33. The third kappa shape index (κ3) is 1.06. The molecule has 0 aromatic rings. The molecular weight excluding hydrogens is 126 g/mol. The lowest BCUT2D eigenvalue weighted by atomic mass is 9.80. The summed E-state index contributed by atoms with van der Waals surface area (Å²) in [6.07, 6.45) is 3.31. The molecule has 2 rings (SSSR count). The Morgan fingerprint density at radius 2 is 1.90 bits per heavy atom. The van der Waals surface area contributed by atoms with E-state index in [-0.39, 0.29) is 6.10 Å². The fourth-order valence-corrected chi connectivity index (χ4v) is 2.27. The average molecular weight is 141 g/mol. The Morgan fingerprint density at radius 1 is 1.10 bits per heavy atom. The molecule has 1 saturated heterocycles. The van der Waals surface area contributed by atoms with Gasteiger partial charge in [-0.05, 0) is 44.2 Å². The summed E-state index contributed by atoms with van der Waals surface area (Å²) in [6.45, 7) is 2.33. The largest absolute Gasteiger partial charge is 0.393 e. The van der Waals surface area contributed by atoms with Gasteiger partial charge in [0.15, 0.2) is 0 Å². The van der Waals surface area contributed by atoms with Crippen molar-refractivity contribution in [1.82, 2.24) is 5.32 Å². The molecule has 0 aromatic carbocycles. The van der Waals surface area contributed by atoms with Gasteiger partial charge in [0.1, 0.15) is 0 Å². The molecule has 2 N–H and O–H groups in total. The second-order valence-corrected chi connectivity index (χ2v) is 3.65. The smallest absolute Gasteiger partial charge is 0.0543 e. The first-order chi connectivity index (χ1) is 4.86.